The Balaban J connectivity index is 1.57. The van der Waals surface area contributed by atoms with Crippen LogP contribution in [0.25, 0.3) is 0 Å². The van der Waals surface area contributed by atoms with E-state index in [9.17, 15) is 4.79 Å². The Morgan fingerprint density at radius 3 is 2.88 bits per heavy atom. The van der Waals surface area contributed by atoms with Gasteiger partial charge in [0.2, 0.25) is 0 Å². The second kappa shape index (κ2) is 8.16. The summed E-state index contributed by atoms with van der Waals surface area (Å²) in [6, 6.07) is 7.66. The molecule has 134 valence electrons. The van der Waals surface area contributed by atoms with Crippen molar-refractivity contribution in [1.29, 1.82) is 0 Å². The van der Waals surface area contributed by atoms with Crippen molar-refractivity contribution in [2.24, 2.45) is 0 Å². The molecule has 6 heteroatoms. The highest BCUT2D eigenvalue weighted by Gasteiger charge is 2.16. The molecule has 25 heavy (non-hydrogen) atoms. The zero-order valence-corrected chi connectivity index (χ0v) is 14.9. The number of nitrogens with zero attached hydrogens (tertiary/aromatic N) is 3. The van der Waals surface area contributed by atoms with Gasteiger partial charge in [-0.15, -0.1) is 0 Å². The molecule has 1 aromatic heterocycles. The van der Waals surface area contributed by atoms with E-state index >= 15 is 0 Å². The normalized spacial score (nSPS) is 16.8. The van der Waals surface area contributed by atoms with E-state index in [1.807, 2.05) is 35.1 Å². The van der Waals surface area contributed by atoms with Crippen molar-refractivity contribution in [3.8, 4) is 0 Å². The molecule has 1 N–H and O–H groups in total. The van der Waals surface area contributed by atoms with Gasteiger partial charge in [0.25, 0.3) is 5.91 Å². The van der Waals surface area contributed by atoms with Gasteiger partial charge in [0.1, 0.15) is 0 Å². The number of benzene rings is 1. The summed E-state index contributed by atoms with van der Waals surface area (Å²) in [5.74, 6) is -0.124. The molecule has 0 unspecified atom stereocenters. The van der Waals surface area contributed by atoms with Crippen LogP contribution in [0.3, 0.4) is 0 Å². The summed E-state index contributed by atoms with van der Waals surface area (Å²) in [4.78, 5) is 14.6. The number of rotatable bonds is 7. The molecule has 6 nitrogen and oxygen atoms in total. The van der Waals surface area contributed by atoms with Crippen LogP contribution in [0.1, 0.15) is 36.5 Å². The lowest BCUT2D eigenvalue weighted by Gasteiger charge is -2.18. The van der Waals surface area contributed by atoms with Crippen LogP contribution >= 0.6 is 0 Å². The SMILES string of the molecule is CCCN(C)c1ccc(C(=O)Nc2cnn(C[C@H]3CCCO3)c2)cc1. The van der Waals surface area contributed by atoms with E-state index in [2.05, 4.69) is 29.3 Å². The number of anilines is 2. The maximum Gasteiger partial charge on any atom is 0.255 e. The third kappa shape index (κ3) is 4.60. The Labute approximate surface area is 148 Å². The van der Waals surface area contributed by atoms with Crippen LogP contribution in [-0.4, -0.2) is 42.0 Å². The van der Waals surface area contributed by atoms with E-state index in [0.29, 0.717) is 11.3 Å². The number of ether oxygens (including phenoxy) is 1. The molecular weight excluding hydrogens is 316 g/mol. The molecule has 1 atom stereocenters. The van der Waals surface area contributed by atoms with Crippen LogP contribution in [-0.2, 0) is 11.3 Å². The van der Waals surface area contributed by atoms with Crippen LogP contribution in [0.5, 0.6) is 0 Å². The first-order valence-corrected chi connectivity index (χ1v) is 8.92. The number of carbonyl (C=O) groups is 1. The van der Waals surface area contributed by atoms with Gasteiger partial charge >= 0.3 is 0 Å². The summed E-state index contributed by atoms with van der Waals surface area (Å²) in [6.07, 6.45) is 7.03. The number of aromatic nitrogens is 2. The fourth-order valence-corrected chi connectivity index (χ4v) is 3.06. The fourth-order valence-electron chi connectivity index (χ4n) is 3.06. The Kier molecular flexibility index (Phi) is 5.71. The summed E-state index contributed by atoms with van der Waals surface area (Å²) in [6.45, 7) is 4.71. The van der Waals surface area contributed by atoms with Gasteiger partial charge < -0.3 is 15.0 Å². The Hall–Kier alpha value is -2.34. The average Bonchev–Trinajstić information content (AvgIpc) is 3.28. The molecule has 1 saturated heterocycles. The van der Waals surface area contributed by atoms with Crippen molar-refractivity contribution in [2.45, 2.75) is 38.8 Å². The zero-order valence-electron chi connectivity index (χ0n) is 14.9. The van der Waals surface area contributed by atoms with E-state index < -0.39 is 0 Å². The second-order valence-electron chi connectivity index (χ2n) is 6.51. The molecule has 1 fully saturated rings. The van der Waals surface area contributed by atoms with Crippen molar-refractivity contribution in [2.75, 3.05) is 30.4 Å². The molecule has 1 aliphatic rings. The third-order valence-corrected chi connectivity index (χ3v) is 4.44. The summed E-state index contributed by atoms with van der Waals surface area (Å²) in [7, 11) is 2.06. The lowest BCUT2D eigenvalue weighted by Crippen LogP contribution is -2.18. The molecule has 0 radical (unpaired) electrons. The highest BCUT2D eigenvalue weighted by Crippen LogP contribution is 2.17. The average molecular weight is 342 g/mol. The molecular formula is C19H26N4O2. The van der Waals surface area contributed by atoms with Gasteiger partial charge in [-0.05, 0) is 43.5 Å². The van der Waals surface area contributed by atoms with Crippen LogP contribution in [0, 0.1) is 0 Å². The van der Waals surface area contributed by atoms with Crippen LogP contribution in [0.2, 0.25) is 0 Å². The molecule has 0 saturated carbocycles. The summed E-state index contributed by atoms with van der Waals surface area (Å²) in [5.41, 5.74) is 2.46. The Morgan fingerprint density at radius 2 is 2.20 bits per heavy atom. The van der Waals surface area contributed by atoms with E-state index in [-0.39, 0.29) is 12.0 Å². The van der Waals surface area contributed by atoms with Crippen LogP contribution < -0.4 is 10.2 Å². The summed E-state index contributed by atoms with van der Waals surface area (Å²) in [5, 5.41) is 7.20. The standard InChI is InChI=1S/C19H26N4O2/c1-3-10-22(2)17-8-6-15(7-9-17)19(24)21-16-12-20-23(13-16)14-18-5-4-11-25-18/h6-9,12-13,18H,3-5,10-11,14H2,1-2H3,(H,21,24)/t18-/m1/s1. The van der Waals surface area contributed by atoms with Gasteiger partial charge in [-0.1, -0.05) is 6.92 Å². The molecule has 0 spiro atoms. The van der Waals surface area contributed by atoms with E-state index in [0.717, 1.165) is 44.6 Å². The molecule has 0 bridgehead atoms. The van der Waals surface area contributed by atoms with Gasteiger partial charge in [-0.2, -0.15) is 5.10 Å². The van der Waals surface area contributed by atoms with E-state index in [1.54, 1.807) is 6.20 Å². The van der Waals surface area contributed by atoms with Gasteiger partial charge in [-0.3, -0.25) is 9.48 Å². The first kappa shape index (κ1) is 17.5. The second-order valence-corrected chi connectivity index (χ2v) is 6.51. The minimum atomic E-state index is -0.124. The van der Waals surface area contributed by atoms with Crippen molar-refractivity contribution in [3.05, 3.63) is 42.2 Å². The molecule has 1 aliphatic heterocycles. The zero-order chi connectivity index (χ0) is 17.6. The predicted octanol–water partition coefficient (Wildman–Crippen LogP) is 3.16. The largest absolute Gasteiger partial charge is 0.376 e. The van der Waals surface area contributed by atoms with Gasteiger partial charge in [0.15, 0.2) is 0 Å². The maximum absolute atomic E-state index is 12.4. The minimum Gasteiger partial charge on any atom is -0.376 e. The third-order valence-electron chi connectivity index (χ3n) is 4.44. The molecule has 1 aromatic carbocycles. The lowest BCUT2D eigenvalue weighted by molar-refractivity contribution is 0.0940. The topological polar surface area (TPSA) is 59.4 Å². The van der Waals surface area contributed by atoms with Crippen molar-refractivity contribution in [3.63, 3.8) is 0 Å². The van der Waals surface area contributed by atoms with Crippen molar-refractivity contribution in [1.82, 2.24) is 9.78 Å². The maximum atomic E-state index is 12.4. The van der Waals surface area contributed by atoms with Crippen molar-refractivity contribution >= 4 is 17.3 Å². The highest BCUT2D eigenvalue weighted by atomic mass is 16.5. The first-order valence-electron chi connectivity index (χ1n) is 8.92. The predicted molar refractivity (Wildman–Crippen MR) is 99.2 cm³/mol. The van der Waals surface area contributed by atoms with E-state index in [4.69, 9.17) is 4.74 Å². The number of amides is 1. The number of hydrogen-bond donors (Lipinski definition) is 1. The molecule has 0 aliphatic carbocycles. The lowest BCUT2D eigenvalue weighted by atomic mass is 10.2. The quantitative estimate of drug-likeness (QED) is 0.840. The summed E-state index contributed by atoms with van der Waals surface area (Å²) >= 11 is 0. The Bertz CT molecular complexity index is 690. The number of carbonyl (C=O) groups excluding carboxylic acids is 1. The van der Waals surface area contributed by atoms with Crippen molar-refractivity contribution < 1.29 is 9.53 Å². The van der Waals surface area contributed by atoms with Crippen LogP contribution in [0.4, 0.5) is 11.4 Å². The van der Waals surface area contributed by atoms with Gasteiger partial charge in [0, 0.05) is 37.6 Å². The molecule has 1 amide bonds. The minimum absolute atomic E-state index is 0.124. The monoisotopic (exact) mass is 342 g/mol. The van der Waals surface area contributed by atoms with Crippen LogP contribution in [0.15, 0.2) is 36.7 Å². The molecule has 2 heterocycles. The first-order chi connectivity index (χ1) is 12.2. The van der Waals surface area contributed by atoms with Gasteiger partial charge in [0.05, 0.1) is 24.5 Å². The Morgan fingerprint density at radius 1 is 1.40 bits per heavy atom. The fraction of sp³-hybridized carbons (Fsp3) is 0.474. The van der Waals surface area contributed by atoms with E-state index in [1.165, 1.54) is 0 Å². The molecule has 2 aromatic rings. The smallest absolute Gasteiger partial charge is 0.255 e. The highest BCUT2D eigenvalue weighted by molar-refractivity contribution is 6.04. The summed E-state index contributed by atoms with van der Waals surface area (Å²) < 4.78 is 7.44. The molecule has 3 rings (SSSR count). The van der Waals surface area contributed by atoms with Gasteiger partial charge in [-0.25, -0.2) is 0 Å². The number of nitrogens with one attached hydrogen (secondary N) is 1. The number of hydrogen-bond acceptors (Lipinski definition) is 4.